The summed E-state index contributed by atoms with van der Waals surface area (Å²) >= 11 is 6.27. The van der Waals surface area contributed by atoms with E-state index < -0.39 is 0 Å². The first kappa shape index (κ1) is 21.6. The molecule has 0 spiro atoms. The van der Waals surface area contributed by atoms with Crippen molar-refractivity contribution in [2.75, 3.05) is 18.0 Å². The second kappa shape index (κ2) is 9.66. The molecule has 162 valence electrons. The number of aromatic nitrogens is 2. The van der Waals surface area contributed by atoms with E-state index in [1.807, 2.05) is 36.4 Å². The van der Waals surface area contributed by atoms with Crippen molar-refractivity contribution in [1.29, 1.82) is 0 Å². The van der Waals surface area contributed by atoms with Gasteiger partial charge in [-0.25, -0.2) is 10.4 Å². The number of hydrogen-bond donors (Lipinski definition) is 2. The molecule has 0 radical (unpaired) electrons. The molecule has 7 heteroatoms. The van der Waals surface area contributed by atoms with Gasteiger partial charge in [0.15, 0.2) is 0 Å². The minimum atomic E-state index is -0.295. The van der Waals surface area contributed by atoms with E-state index in [0.717, 1.165) is 35.2 Å². The molecule has 1 aromatic heterocycles. The van der Waals surface area contributed by atoms with E-state index in [4.69, 9.17) is 11.6 Å². The van der Waals surface area contributed by atoms with Crippen molar-refractivity contribution in [3.05, 3.63) is 82.9 Å². The molecule has 0 aliphatic heterocycles. The Morgan fingerprint density at radius 1 is 1.09 bits per heavy atom. The molecule has 0 fully saturated rings. The number of nitrogens with zero attached hydrogens (tertiary/aromatic N) is 3. The summed E-state index contributed by atoms with van der Waals surface area (Å²) in [6.45, 7) is 6.18. The first-order valence-electron chi connectivity index (χ1n) is 10.5. The highest BCUT2D eigenvalue weighted by Gasteiger charge is 2.11. The number of carbonyl (C=O) groups excluding carboxylic acids is 1. The van der Waals surface area contributed by atoms with Crippen LogP contribution in [0, 0.1) is 0 Å². The number of benzene rings is 3. The molecule has 1 amide bonds. The van der Waals surface area contributed by atoms with Gasteiger partial charge in [-0.2, -0.15) is 5.10 Å². The Balaban J connectivity index is 1.45. The van der Waals surface area contributed by atoms with Gasteiger partial charge in [-0.15, -0.1) is 0 Å². The van der Waals surface area contributed by atoms with Crippen LogP contribution in [0.4, 0.5) is 5.69 Å². The predicted molar refractivity (Wildman–Crippen MR) is 132 cm³/mol. The van der Waals surface area contributed by atoms with Crippen LogP contribution in [0.3, 0.4) is 0 Å². The van der Waals surface area contributed by atoms with Crippen molar-refractivity contribution in [1.82, 2.24) is 15.4 Å². The summed E-state index contributed by atoms with van der Waals surface area (Å²) in [7, 11) is 0. The maximum Gasteiger partial charge on any atom is 0.271 e. The van der Waals surface area contributed by atoms with Gasteiger partial charge in [0.05, 0.1) is 22.3 Å². The van der Waals surface area contributed by atoms with Crippen molar-refractivity contribution in [2.24, 2.45) is 5.10 Å². The number of rotatable bonds is 7. The standard InChI is InChI=1S/C25H24ClN5O/c1-3-31(4-2)19-12-9-17(10-13-19)16-27-30-25(32)18-11-14-22-23(15-18)29-24(28-22)20-7-5-6-8-21(20)26/h5-16H,3-4H2,1-2H3,(H,28,29)(H,30,32)/b27-16+. The monoisotopic (exact) mass is 445 g/mol. The fourth-order valence-corrected chi connectivity index (χ4v) is 3.75. The Labute approximate surface area is 191 Å². The smallest absolute Gasteiger partial charge is 0.271 e. The van der Waals surface area contributed by atoms with Crippen LogP contribution >= 0.6 is 11.6 Å². The highest BCUT2D eigenvalue weighted by Crippen LogP contribution is 2.27. The topological polar surface area (TPSA) is 73.4 Å². The van der Waals surface area contributed by atoms with E-state index in [9.17, 15) is 4.79 Å². The van der Waals surface area contributed by atoms with E-state index in [0.29, 0.717) is 16.4 Å². The zero-order chi connectivity index (χ0) is 22.5. The van der Waals surface area contributed by atoms with Crippen molar-refractivity contribution < 1.29 is 4.79 Å². The first-order chi connectivity index (χ1) is 15.6. The number of hydrogen-bond acceptors (Lipinski definition) is 4. The normalized spacial score (nSPS) is 11.2. The Morgan fingerprint density at radius 2 is 1.84 bits per heavy atom. The summed E-state index contributed by atoms with van der Waals surface area (Å²) in [6.07, 6.45) is 1.63. The molecule has 0 unspecified atom stereocenters. The van der Waals surface area contributed by atoms with Crippen LogP contribution in [0.2, 0.25) is 5.02 Å². The summed E-state index contributed by atoms with van der Waals surface area (Å²) in [5.74, 6) is 0.367. The molecule has 3 aromatic carbocycles. The van der Waals surface area contributed by atoms with Gasteiger partial charge in [0.1, 0.15) is 5.82 Å². The molecule has 4 aromatic rings. The van der Waals surface area contributed by atoms with Gasteiger partial charge >= 0.3 is 0 Å². The van der Waals surface area contributed by atoms with Crippen molar-refractivity contribution in [3.63, 3.8) is 0 Å². The van der Waals surface area contributed by atoms with Crippen LogP contribution in [0.5, 0.6) is 0 Å². The SMILES string of the molecule is CCN(CC)c1ccc(/C=N/NC(=O)c2ccc3nc(-c4ccccc4Cl)[nH]c3c2)cc1. The van der Waals surface area contributed by atoms with Crippen LogP contribution in [0.1, 0.15) is 29.8 Å². The lowest BCUT2D eigenvalue weighted by molar-refractivity contribution is 0.0955. The largest absolute Gasteiger partial charge is 0.372 e. The molecular formula is C25H24ClN5O. The predicted octanol–water partition coefficient (Wildman–Crippen LogP) is 5.49. The lowest BCUT2D eigenvalue weighted by Gasteiger charge is -2.20. The molecule has 0 aliphatic carbocycles. The summed E-state index contributed by atoms with van der Waals surface area (Å²) in [5.41, 5.74) is 7.47. The van der Waals surface area contributed by atoms with E-state index >= 15 is 0 Å². The molecule has 32 heavy (non-hydrogen) atoms. The van der Waals surface area contributed by atoms with Gasteiger partial charge in [-0.05, 0) is 61.9 Å². The Morgan fingerprint density at radius 3 is 2.56 bits per heavy atom. The number of H-pyrrole nitrogens is 1. The van der Waals surface area contributed by atoms with Gasteiger partial charge in [-0.1, -0.05) is 35.9 Å². The lowest BCUT2D eigenvalue weighted by Crippen LogP contribution is -2.21. The summed E-state index contributed by atoms with van der Waals surface area (Å²) in [5, 5.41) is 4.71. The van der Waals surface area contributed by atoms with Crippen molar-refractivity contribution in [3.8, 4) is 11.4 Å². The number of imidazole rings is 1. The van der Waals surface area contributed by atoms with Crippen LogP contribution in [-0.2, 0) is 0 Å². The average molecular weight is 446 g/mol. The minimum Gasteiger partial charge on any atom is -0.372 e. The Bertz CT molecular complexity index is 1260. The molecule has 0 saturated heterocycles. The summed E-state index contributed by atoms with van der Waals surface area (Å²) in [4.78, 5) is 22.6. The average Bonchev–Trinajstić information content (AvgIpc) is 3.24. The third-order valence-electron chi connectivity index (χ3n) is 5.27. The van der Waals surface area contributed by atoms with E-state index in [1.54, 1.807) is 24.4 Å². The second-order valence-corrected chi connectivity index (χ2v) is 7.67. The fraction of sp³-hybridized carbons (Fsp3) is 0.160. The highest BCUT2D eigenvalue weighted by atomic mass is 35.5. The first-order valence-corrected chi connectivity index (χ1v) is 10.9. The van der Waals surface area contributed by atoms with Crippen LogP contribution < -0.4 is 10.3 Å². The third-order valence-corrected chi connectivity index (χ3v) is 5.60. The third kappa shape index (κ3) is 4.65. The second-order valence-electron chi connectivity index (χ2n) is 7.26. The number of fused-ring (bicyclic) bond motifs is 1. The molecule has 2 N–H and O–H groups in total. The lowest BCUT2D eigenvalue weighted by atomic mass is 10.2. The van der Waals surface area contributed by atoms with Crippen LogP contribution in [0.15, 0.2) is 71.8 Å². The van der Waals surface area contributed by atoms with Crippen LogP contribution in [0.25, 0.3) is 22.4 Å². The summed E-state index contributed by atoms with van der Waals surface area (Å²) in [6, 6.07) is 20.9. The molecule has 0 bridgehead atoms. The molecule has 0 atom stereocenters. The van der Waals surface area contributed by atoms with E-state index in [-0.39, 0.29) is 5.91 Å². The van der Waals surface area contributed by atoms with Crippen molar-refractivity contribution in [2.45, 2.75) is 13.8 Å². The van der Waals surface area contributed by atoms with Gasteiger partial charge in [0.25, 0.3) is 5.91 Å². The minimum absolute atomic E-state index is 0.295. The quantitative estimate of drug-likeness (QED) is 0.291. The van der Waals surface area contributed by atoms with E-state index in [1.165, 1.54) is 5.69 Å². The van der Waals surface area contributed by atoms with Crippen LogP contribution in [-0.4, -0.2) is 35.2 Å². The number of carbonyl (C=O) groups is 1. The number of nitrogens with one attached hydrogen (secondary N) is 2. The van der Waals surface area contributed by atoms with Gasteiger partial charge < -0.3 is 9.88 Å². The van der Waals surface area contributed by atoms with Gasteiger partial charge in [0.2, 0.25) is 0 Å². The number of anilines is 1. The maximum absolute atomic E-state index is 12.5. The number of halogens is 1. The zero-order valence-corrected chi connectivity index (χ0v) is 18.7. The number of hydrazone groups is 1. The number of amides is 1. The van der Waals surface area contributed by atoms with Gasteiger partial charge in [0, 0.05) is 29.9 Å². The molecule has 6 nitrogen and oxygen atoms in total. The Hall–Kier alpha value is -3.64. The van der Waals surface area contributed by atoms with Crippen molar-refractivity contribution >= 4 is 40.4 Å². The molecule has 4 rings (SSSR count). The summed E-state index contributed by atoms with van der Waals surface area (Å²) < 4.78 is 0. The Kier molecular flexibility index (Phi) is 6.52. The molecule has 0 aliphatic rings. The zero-order valence-electron chi connectivity index (χ0n) is 18.0. The maximum atomic E-state index is 12.5. The molecular weight excluding hydrogens is 422 g/mol. The highest BCUT2D eigenvalue weighted by molar-refractivity contribution is 6.33. The molecule has 0 saturated carbocycles. The van der Waals surface area contributed by atoms with E-state index in [2.05, 4.69) is 51.4 Å². The molecule has 1 heterocycles. The number of aromatic amines is 1. The van der Waals surface area contributed by atoms with Gasteiger partial charge in [-0.3, -0.25) is 4.79 Å². The fourth-order valence-electron chi connectivity index (χ4n) is 3.52.